The molecule has 4 rings (SSSR count). The predicted octanol–water partition coefficient (Wildman–Crippen LogP) is 3.08. The first-order valence-corrected chi connectivity index (χ1v) is 9.02. The molecule has 0 N–H and O–H groups in total. The third kappa shape index (κ3) is 3.26. The molecule has 0 bridgehead atoms. The molecule has 5 heteroatoms. The van der Waals surface area contributed by atoms with E-state index in [1.54, 1.807) is 0 Å². The van der Waals surface area contributed by atoms with Crippen molar-refractivity contribution < 1.29 is 14.3 Å². The van der Waals surface area contributed by atoms with Crippen LogP contribution in [0.25, 0.3) is 10.9 Å². The van der Waals surface area contributed by atoms with Gasteiger partial charge >= 0.3 is 0 Å². The Morgan fingerprint density at radius 2 is 2.00 bits per heavy atom. The van der Waals surface area contributed by atoms with E-state index in [2.05, 4.69) is 11.1 Å². The van der Waals surface area contributed by atoms with Crippen molar-refractivity contribution in [2.45, 2.75) is 33.0 Å². The number of nitrogens with zero attached hydrogens (tertiary/aromatic N) is 2. The minimum absolute atomic E-state index is 0.0868. The summed E-state index contributed by atoms with van der Waals surface area (Å²) in [6.07, 6.45) is 1.87. The van der Waals surface area contributed by atoms with Gasteiger partial charge in [-0.3, -0.25) is 9.78 Å². The van der Waals surface area contributed by atoms with E-state index in [9.17, 15) is 4.79 Å². The first-order valence-electron chi connectivity index (χ1n) is 9.02. The first kappa shape index (κ1) is 16.5. The van der Waals surface area contributed by atoms with Gasteiger partial charge in [-0.05, 0) is 44.9 Å². The summed E-state index contributed by atoms with van der Waals surface area (Å²) in [7, 11) is 0. The Bertz CT molecular complexity index is 799. The molecule has 5 nitrogen and oxygen atoms in total. The summed E-state index contributed by atoms with van der Waals surface area (Å²) in [5.74, 6) is 0.347. The fraction of sp³-hybridized carbons (Fsp3) is 0.500. The maximum Gasteiger partial charge on any atom is 0.254 e. The van der Waals surface area contributed by atoms with Crippen LogP contribution in [-0.2, 0) is 9.47 Å². The van der Waals surface area contributed by atoms with Crippen molar-refractivity contribution in [1.82, 2.24) is 9.88 Å². The van der Waals surface area contributed by atoms with Gasteiger partial charge in [0, 0.05) is 30.1 Å². The summed E-state index contributed by atoms with van der Waals surface area (Å²) in [6, 6.07) is 8.00. The van der Waals surface area contributed by atoms with Gasteiger partial charge in [0.1, 0.15) is 0 Å². The van der Waals surface area contributed by atoms with E-state index in [0.717, 1.165) is 47.1 Å². The number of benzene rings is 1. The van der Waals surface area contributed by atoms with Crippen LogP contribution in [0.4, 0.5) is 0 Å². The lowest BCUT2D eigenvalue weighted by molar-refractivity contribution is -0.0969. The van der Waals surface area contributed by atoms with Crippen LogP contribution in [-0.4, -0.2) is 48.4 Å². The third-order valence-corrected chi connectivity index (χ3v) is 5.10. The summed E-state index contributed by atoms with van der Waals surface area (Å²) in [6.45, 7) is 6.77. The Kier molecular flexibility index (Phi) is 4.44. The average Bonchev–Trinajstić information content (AvgIpc) is 3.16. The zero-order valence-corrected chi connectivity index (χ0v) is 14.8. The Hall–Kier alpha value is -1.98. The van der Waals surface area contributed by atoms with Gasteiger partial charge in [0.25, 0.3) is 5.91 Å². The van der Waals surface area contributed by atoms with Crippen molar-refractivity contribution in [3.63, 3.8) is 0 Å². The van der Waals surface area contributed by atoms with Crippen molar-refractivity contribution in [1.29, 1.82) is 0 Å². The molecule has 1 unspecified atom stereocenters. The van der Waals surface area contributed by atoms with Crippen LogP contribution in [0.1, 0.15) is 34.5 Å². The fourth-order valence-electron chi connectivity index (χ4n) is 3.88. The fourth-order valence-corrected chi connectivity index (χ4v) is 3.88. The minimum Gasteiger partial charge on any atom is -0.350 e. The number of carbonyl (C=O) groups excluding carboxylic acids is 1. The van der Waals surface area contributed by atoms with E-state index in [1.165, 1.54) is 0 Å². The molecule has 2 saturated heterocycles. The number of piperidine rings is 1. The van der Waals surface area contributed by atoms with Gasteiger partial charge in [0.2, 0.25) is 0 Å². The maximum absolute atomic E-state index is 13.3. The molecule has 3 heterocycles. The number of ether oxygens (including phenoxy) is 2. The van der Waals surface area contributed by atoms with Gasteiger partial charge in [0.15, 0.2) is 6.29 Å². The number of rotatable bonds is 2. The Morgan fingerprint density at radius 1 is 1.20 bits per heavy atom. The number of pyridine rings is 1. The highest BCUT2D eigenvalue weighted by Gasteiger charge is 2.33. The lowest BCUT2D eigenvalue weighted by Crippen LogP contribution is -2.43. The average molecular weight is 340 g/mol. The molecule has 0 aliphatic carbocycles. The van der Waals surface area contributed by atoms with Crippen LogP contribution < -0.4 is 0 Å². The monoisotopic (exact) mass is 340 g/mol. The molecule has 0 spiro atoms. The summed E-state index contributed by atoms with van der Waals surface area (Å²) < 4.78 is 11.3. The highest BCUT2D eigenvalue weighted by Crippen LogP contribution is 2.28. The highest BCUT2D eigenvalue weighted by atomic mass is 16.7. The van der Waals surface area contributed by atoms with E-state index in [-0.39, 0.29) is 18.1 Å². The van der Waals surface area contributed by atoms with E-state index in [4.69, 9.17) is 9.47 Å². The van der Waals surface area contributed by atoms with Crippen molar-refractivity contribution >= 4 is 16.8 Å². The first-order chi connectivity index (χ1) is 12.1. The minimum atomic E-state index is -0.159. The van der Waals surface area contributed by atoms with Crippen molar-refractivity contribution in [3.8, 4) is 0 Å². The molecule has 0 saturated carbocycles. The van der Waals surface area contributed by atoms with Gasteiger partial charge in [-0.25, -0.2) is 0 Å². The Labute approximate surface area is 147 Å². The lowest BCUT2D eigenvalue weighted by atomic mass is 9.96. The SMILES string of the molecule is Cc1ccc2nc(C)cc(C(=O)N3CCCC(C4OCCO4)C3)c2c1. The molecule has 2 fully saturated rings. The molecule has 2 aliphatic heterocycles. The van der Waals surface area contributed by atoms with Crippen LogP contribution in [0.3, 0.4) is 0 Å². The summed E-state index contributed by atoms with van der Waals surface area (Å²) in [4.78, 5) is 19.8. The molecule has 1 aromatic carbocycles. The zero-order valence-electron chi connectivity index (χ0n) is 14.8. The van der Waals surface area contributed by atoms with Crippen LogP contribution in [0.5, 0.6) is 0 Å². The Balaban J connectivity index is 1.63. The van der Waals surface area contributed by atoms with Gasteiger partial charge in [-0.2, -0.15) is 0 Å². The molecular weight excluding hydrogens is 316 g/mol. The summed E-state index contributed by atoms with van der Waals surface area (Å²) in [5, 5.41) is 0.936. The van der Waals surface area contributed by atoms with Gasteiger partial charge in [-0.15, -0.1) is 0 Å². The molecule has 2 aliphatic rings. The second kappa shape index (κ2) is 6.73. The largest absolute Gasteiger partial charge is 0.350 e. The van der Waals surface area contributed by atoms with Crippen LogP contribution in [0.15, 0.2) is 24.3 Å². The molecule has 0 radical (unpaired) electrons. The van der Waals surface area contributed by atoms with Crippen LogP contribution >= 0.6 is 0 Å². The highest BCUT2D eigenvalue weighted by molar-refractivity contribution is 6.06. The molecule has 2 aromatic rings. The summed E-state index contributed by atoms with van der Waals surface area (Å²) in [5.41, 5.74) is 3.64. The second-order valence-corrected chi connectivity index (χ2v) is 7.10. The number of hydrogen-bond acceptors (Lipinski definition) is 4. The molecule has 132 valence electrons. The lowest BCUT2D eigenvalue weighted by Gasteiger charge is -2.35. The van der Waals surface area contributed by atoms with Gasteiger partial charge in [0.05, 0.1) is 24.3 Å². The molecular formula is C20H24N2O3. The molecule has 1 atom stereocenters. The van der Waals surface area contributed by atoms with Gasteiger partial charge < -0.3 is 14.4 Å². The van der Waals surface area contributed by atoms with E-state index in [1.807, 2.05) is 36.9 Å². The Morgan fingerprint density at radius 3 is 2.80 bits per heavy atom. The predicted molar refractivity (Wildman–Crippen MR) is 95.5 cm³/mol. The number of aromatic nitrogens is 1. The van der Waals surface area contributed by atoms with Crippen LogP contribution in [0, 0.1) is 19.8 Å². The molecule has 25 heavy (non-hydrogen) atoms. The van der Waals surface area contributed by atoms with Crippen molar-refractivity contribution in [2.24, 2.45) is 5.92 Å². The topological polar surface area (TPSA) is 51.7 Å². The summed E-state index contributed by atoms with van der Waals surface area (Å²) >= 11 is 0. The zero-order chi connectivity index (χ0) is 17.4. The van der Waals surface area contributed by atoms with E-state index in [0.29, 0.717) is 19.8 Å². The smallest absolute Gasteiger partial charge is 0.254 e. The molecule has 1 amide bonds. The second-order valence-electron chi connectivity index (χ2n) is 7.10. The molecule has 1 aromatic heterocycles. The van der Waals surface area contributed by atoms with E-state index < -0.39 is 0 Å². The van der Waals surface area contributed by atoms with Crippen LogP contribution in [0.2, 0.25) is 0 Å². The number of carbonyl (C=O) groups is 1. The number of aryl methyl sites for hydroxylation is 2. The normalized spacial score (nSPS) is 21.8. The van der Waals surface area contributed by atoms with Gasteiger partial charge in [-0.1, -0.05) is 11.6 Å². The number of fused-ring (bicyclic) bond motifs is 1. The van der Waals surface area contributed by atoms with Crippen molar-refractivity contribution in [3.05, 3.63) is 41.1 Å². The standard InChI is InChI=1S/C20H24N2O3/c1-13-5-6-18-16(10-13)17(11-14(2)21-18)19(23)22-7-3-4-15(12-22)20-24-8-9-25-20/h5-6,10-11,15,20H,3-4,7-9,12H2,1-2H3. The quantitative estimate of drug-likeness (QED) is 0.843. The number of amides is 1. The third-order valence-electron chi connectivity index (χ3n) is 5.10. The number of likely N-dealkylation sites (tertiary alicyclic amines) is 1. The maximum atomic E-state index is 13.3. The van der Waals surface area contributed by atoms with E-state index >= 15 is 0 Å². The number of hydrogen-bond donors (Lipinski definition) is 0. The van der Waals surface area contributed by atoms with Crippen molar-refractivity contribution in [2.75, 3.05) is 26.3 Å².